The lowest BCUT2D eigenvalue weighted by Gasteiger charge is -2.29. The van der Waals surface area contributed by atoms with E-state index in [1.54, 1.807) is 6.08 Å². The molecule has 0 fully saturated rings. The van der Waals surface area contributed by atoms with E-state index in [1.165, 1.54) is 218 Å². The van der Waals surface area contributed by atoms with Crippen LogP contribution in [-0.2, 0) is 18.4 Å². The number of likely N-dealkylation sites (N-methyl/N-ethyl adjacent to an activating group) is 1. The van der Waals surface area contributed by atoms with Gasteiger partial charge in [-0.15, -0.1) is 0 Å². The molecule has 0 heterocycles. The lowest BCUT2D eigenvalue weighted by Crippen LogP contribution is -2.45. The minimum atomic E-state index is -4.61. The first-order valence-electron chi connectivity index (χ1n) is 34.4. The van der Waals surface area contributed by atoms with Gasteiger partial charge in [0.25, 0.3) is 7.82 Å². The largest absolute Gasteiger partial charge is 0.756 e. The highest BCUT2D eigenvalue weighted by Crippen LogP contribution is 2.38. The van der Waals surface area contributed by atoms with E-state index in [4.69, 9.17) is 9.05 Å². The van der Waals surface area contributed by atoms with E-state index in [1.807, 2.05) is 27.2 Å². The number of hydrogen-bond acceptors (Lipinski definition) is 6. The molecular weight excluding hydrogens is 1020 g/mol. The lowest BCUT2D eigenvalue weighted by molar-refractivity contribution is -0.870. The van der Waals surface area contributed by atoms with Crippen LogP contribution in [0.25, 0.3) is 0 Å². The average molecular weight is 1150 g/mol. The predicted octanol–water partition coefficient (Wildman–Crippen LogP) is 21.3. The van der Waals surface area contributed by atoms with E-state index in [2.05, 4.69) is 92.1 Å². The Morgan fingerprint density at radius 3 is 1.10 bits per heavy atom. The molecule has 0 aromatic heterocycles. The number of allylic oxidation sites excluding steroid dienone is 13. The SMILES string of the molecule is CC/C=C\C/C=C\C/C=C\C/C=C\C/C=C\C/C=C\CCCCCCCCCCCCCCC(=O)NC(COP(=O)([O-])OCC[N+](C)(C)C)C(O)/C=C/CCCCCCCCCCCCCCCCCCCCCCCCCCCC. The number of unbranched alkanes of at least 4 members (excludes halogenated alkanes) is 38. The summed E-state index contributed by atoms with van der Waals surface area (Å²) >= 11 is 0. The molecule has 9 heteroatoms. The maximum absolute atomic E-state index is 13.0. The van der Waals surface area contributed by atoms with Crippen LogP contribution in [0.5, 0.6) is 0 Å². The summed E-state index contributed by atoms with van der Waals surface area (Å²) in [4.78, 5) is 25.6. The Kier molecular flexibility index (Phi) is 60.4. The number of hydrogen-bond donors (Lipinski definition) is 2. The van der Waals surface area contributed by atoms with Crippen LogP contribution < -0.4 is 10.2 Å². The minimum Gasteiger partial charge on any atom is -0.756 e. The molecule has 0 radical (unpaired) electrons. The lowest BCUT2D eigenvalue weighted by atomic mass is 10.0. The average Bonchev–Trinajstić information content (AvgIpc) is 3.43. The van der Waals surface area contributed by atoms with Gasteiger partial charge < -0.3 is 28.8 Å². The second-order valence-corrected chi connectivity index (χ2v) is 25.9. The number of aliphatic hydroxyl groups is 1. The summed E-state index contributed by atoms with van der Waals surface area (Å²) in [7, 11) is 1.26. The maximum atomic E-state index is 13.0. The molecule has 1 amide bonds. The third-order valence-corrected chi connectivity index (χ3v) is 16.3. The van der Waals surface area contributed by atoms with Crippen molar-refractivity contribution < 1.29 is 32.9 Å². The molecule has 0 aliphatic carbocycles. The molecule has 0 aliphatic heterocycles. The molecule has 0 saturated heterocycles. The molecule has 8 nitrogen and oxygen atoms in total. The molecule has 2 N–H and O–H groups in total. The zero-order valence-electron chi connectivity index (χ0n) is 54.0. The number of phosphoric ester groups is 1. The quantitative estimate of drug-likeness (QED) is 0.0272. The number of carbonyl (C=O) groups excluding carboxylic acids is 1. The Morgan fingerprint density at radius 1 is 0.444 bits per heavy atom. The van der Waals surface area contributed by atoms with E-state index in [-0.39, 0.29) is 19.1 Å². The van der Waals surface area contributed by atoms with Gasteiger partial charge >= 0.3 is 0 Å². The number of phosphoric acid groups is 1. The number of quaternary nitrogens is 1. The molecule has 472 valence electrons. The van der Waals surface area contributed by atoms with Crippen LogP contribution >= 0.6 is 7.82 Å². The van der Waals surface area contributed by atoms with Gasteiger partial charge in [-0.3, -0.25) is 9.36 Å². The van der Waals surface area contributed by atoms with Crippen LogP contribution in [0.15, 0.2) is 85.1 Å². The molecule has 0 saturated carbocycles. The van der Waals surface area contributed by atoms with Gasteiger partial charge in [-0.1, -0.05) is 324 Å². The Hall–Kier alpha value is -2.32. The Labute approximate surface area is 503 Å². The van der Waals surface area contributed by atoms with Crippen LogP contribution in [0.2, 0.25) is 0 Å². The van der Waals surface area contributed by atoms with Gasteiger partial charge in [-0.2, -0.15) is 0 Å². The molecule has 3 unspecified atom stereocenters. The highest BCUT2D eigenvalue weighted by molar-refractivity contribution is 7.45. The van der Waals surface area contributed by atoms with Crippen molar-refractivity contribution in [2.45, 2.75) is 328 Å². The third kappa shape index (κ3) is 65.1. The number of nitrogens with zero attached hydrogens (tertiary/aromatic N) is 1. The number of aliphatic hydroxyl groups excluding tert-OH is 1. The van der Waals surface area contributed by atoms with E-state index in [9.17, 15) is 19.4 Å². The summed E-state index contributed by atoms with van der Waals surface area (Å²) < 4.78 is 23.5. The van der Waals surface area contributed by atoms with E-state index < -0.39 is 20.0 Å². The van der Waals surface area contributed by atoms with Crippen molar-refractivity contribution in [1.82, 2.24) is 5.32 Å². The van der Waals surface area contributed by atoms with Gasteiger partial charge in [0, 0.05) is 6.42 Å². The molecule has 0 spiro atoms. The number of amides is 1. The second kappa shape index (κ2) is 62.2. The number of carbonyl (C=O) groups is 1. The van der Waals surface area contributed by atoms with Crippen LogP contribution in [0.4, 0.5) is 0 Å². The fourth-order valence-electron chi connectivity index (χ4n) is 10.0. The Balaban J connectivity index is 4.11. The van der Waals surface area contributed by atoms with E-state index in [0.29, 0.717) is 17.4 Å². The van der Waals surface area contributed by atoms with Gasteiger partial charge in [0.15, 0.2) is 0 Å². The van der Waals surface area contributed by atoms with Gasteiger partial charge in [-0.25, -0.2) is 0 Å². The summed E-state index contributed by atoms with van der Waals surface area (Å²) in [5, 5.41) is 14.0. The molecule has 81 heavy (non-hydrogen) atoms. The zero-order chi connectivity index (χ0) is 59.1. The third-order valence-electron chi connectivity index (χ3n) is 15.4. The molecule has 3 atom stereocenters. The summed E-state index contributed by atoms with van der Waals surface area (Å²) in [6.45, 7) is 4.57. The molecule has 0 aliphatic rings. The maximum Gasteiger partial charge on any atom is 0.268 e. The van der Waals surface area contributed by atoms with Gasteiger partial charge in [-0.05, 0) is 70.6 Å². The number of nitrogens with one attached hydrogen (secondary N) is 1. The first-order chi connectivity index (χ1) is 39.5. The summed E-state index contributed by atoms with van der Waals surface area (Å²) in [6, 6.07) is -0.894. The van der Waals surface area contributed by atoms with Gasteiger partial charge in [0.05, 0.1) is 39.9 Å². The highest BCUT2D eigenvalue weighted by Gasteiger charge is 2.23. The van der Waals surface area contributed by atoms with Crippen LogP contribution in [0, 0.1) is 0 Å². The Bertz CT molecular complexity index is 1600. The predicted molar refractivity (Wildman–Crippen MR) is 353 cm³/mol. The topological polar surface area (TPSA) is 108 Å². The molecule has 0 bridgehead atoms. The van der Waals surface area contributed by atoms with Crippen molar-refractivity contribution in [3.63, 3.8) is 0 Å². The monoisotopic (exact) mass is 1150 g/mol. The van der Waals surface area contributed by atoms with E-state index >= 15 is 0 Å². The molecular formula is C72H133N2O6P. The Morgan fingerprint density at radius 2 is 0.753 bits per heavy atom. The second-order valence-electron chi connectivity index (χ2n) is 24.5. The number of rotatable bonds is 63. The summed E-state index contributed by atoms with van der Waals surface area (Å²) in [5.41, 5.74) is 0. The first kappa shape index (κ1) is 78.7. The fraction of sp³-hybridized carbons (Fsp3) is 0.792. The van der Waals surface area contributed by atoms with Crippen LogP contribution in [-0.4, -0.2) is 68.5 Å². The molecule has 0 aromatic carbocycles. The minimum absolute atomic E-state index is 0.00374. The highest BCUT2D eigenvalue weighted by atomic mass is 31.2. The zero-order valence-corrected chi connectivity index (χ0v) is 54.9. The van der Waals surface area contributed by atoms with Crippen molar-refractivity contribution in [1.29, 1.82) is 0 Å². The van der Waals surface area contributed by atoms with Crippen molar-refractivity contribution >= 4 is 13.7 Å². The standard InChI is InChI=1S/C72H133N2O6P/c1-6-8-10-12-14-16-18-20-22-24-26-28-30-32-34-36-37-38-40-42-44-46-48-50-52-54-56-58-60-62-64-66-72(76)73-70(69-80-81(77,78)79-68-67-74(3,4)5)71(75)65-63-61-59-57-55-53-51-49-47-45-43-41-39-35-33-31-29-27-25-23-21-19-17-15-13-11-9-7-2/h8,10,14,16,20,22,26,28,32,34,37-38,63,65,70-71,75H,6-7,9,11-13,15,17-19,21,23-25,27,29-31,33,35-36,39-62,64,66-69H2,1-5H3,(H-,73,76,77,78)/b10-8-,16-14-,22-20-,28-26-,34-32-,38-37-,65-63+. The smallest absolute Gasteiger partial charge is 0.268 e. The normalized spacial score (nSPS) is 14.2. The van der Waals surface area contributed by atoms with Crippen molar-refractivity contribution in [3.05, 3.63) is 85.1 Å². The van der Waals surface area contributed by atoms with Crippen molar-refractivity contribution in [3.8, 4) is 0 Å². The van der Waals surface area contributed by atoms with E-state index in [0.717, 1.165) is 77.0 Å². The summed E-state index contributed by atoms with van der Waals surface area (Å²) in [6.07, 6.45) is 88.3. The molecule has 0 rings (SSSR count). The van der Waals surface area contributed by atoms with Crippen molar-refractivity contribution in [2.75, 3.05) is 40.9 Å². The van der Waals surface area contributed by atoms with Gasteiger partial charge in [0.1, 0.15) is 13.2 Å². The molecule has 0 aromatic rings. The fourth-order valence-corrected chi connectivity index (χ4v) is 10.8. The van der Waals surface area contributed by atoms with Crippen molar-refractivity contribution in [2.24, 2.45) is 0 Å². The van der Waals surface area contributed by atoms with Crippen LogP contribution in [0.3, 0.4) is 0 Å². The first-order valence-corrected chi connectivity index (χ1v) is 35.9. The summed E-state index contributed by atoms with van der Waals surface area (Å²) in [5.74, 6) is -0.199. The van der Waals surface area contributed by atoms with Crippen LogP contribution in [0.1, 0.15) is 316 Å². The van der Waals surface area contributed by atoms with Gasteiger partial charge in [0.2, 0.25) is 5.91 Å².